The third-order valence-corrected chi connectivity index (χ3v) is 8.33. The number of aromatic nitrogens is 2. The molecule has 1 atom stereocenters. The molecule has 1 amide bonds. The number of para-hydroxylation sites is 1. The van der Waals surface area contributed by atoms with Gasteiger partial charge in [0.05, 0.1) is 6.04 Å². The molecule has 1 aromatic carbocycles. The first-order valence-electron chi connectivity index (χ1n) is 10.2. The van der Waals surface area contributed by atoms with Crippen molar-refractivity contribution in [3.63, 3.8) is 0 Å². The number of benzene rings is 1. The molecular weight excluding hydrogens is 424 g/mol. The lowest BCUT2D eigenvalue weighted by Gasteiger charge is -2.44. The Morgan fingerprint density at radius 3 is 2.67 bits per heavy atom. The molecule has 1 saturated carbocycles. The molecule has 162 valence electrons. The summed E-state index contributed by atoms with van der Waals surface area (Å²) in [5.74, 6) is 0.263. The highest BCUT2D eigenvalue weighted by molar-refractivity contribution is 7.91. The predicted octanol–water partition coefficient (Wildman–Crippen LogP) is 3.64. The molecule has 1 aliphatic heterocycles. The molecular formula is C20H26N4O4S2. The molecule has 1 aromatic heterocycles. The van der Waals surface area contributed by atoms with Crippen LogP contribution in [0, 0.1) is 5.92 Å². The Hall–Kier alpha value is -2.04. The van der Waals surface area contributed by atoms with Crippen molar-refractivity contribution in [2.45, 2.75) is 68.4 Å². The van der Waals surface area contributed by atoms with E-state index in [1.165, 1.54) is 6.42 Å². The molecule has 30 heavy (non-hydrogen) atoms. The Balaban J connectivity index is 1.57. The van der Waals surface area contributed by atoms with Crippen molar-refractivity contribution in [1.82, 2.24) is 14.9 Å². The molecule has 4 rings (SSSR count). The lowest BCUT2D eigenvalue weighted by molar-refractivity contribution is -0.118. The summed E-state index contributed by atoms with van der Waals surface area (Å²) in [5, 5.41) is 10.4. The van der Waals surface area contributed by atoms with E-state index < -0.39 is 16.1 Å². The van der Waals surface area contributed by atoms with E-state index in [9.17, 15) is 13.2 Å². The number of carbonyl (C=O) groups excluding carboxylic acids is 1. The fourth-order valence-corrected chi connectivity index (χ4v) is 6.22. The summed E-state index contributed by atoms with van der Waals surface area (Å²) in [6, 6.07) is 7.17. The van der Waals surface area contributed by atoms with Crippen molar-refractivity contribution in [1.29, 1.82) is 0 Å². The Kier molecular flexibility index (Phi) is 5.82. The number of ether oxygens (including phenoxy) is 1. The number of fused-ring (bicyclic) bond motifs is 1. The van der Waals surface area contributed by atoms with Gasteiger partial charge in [-0.15, -0.1) is 10.2 Å². The second-order valence-electron chi connectivity index (χ2n) is 8.28. The average molecular weight is 451 g/mol. The maximum absolute atomic E-state index is 13.1. The number of amides is 1. The van der Waals surface area contributed by atoms with Gasteiger partial charge >= 0.3 is 0 Å². The summed E-state index contributed by atoms with van der Waals surface area (Å²) < 4.78 is 35.1. The molecule has 2 aliphatic rings. The van der Waals surface area contributed by atoms with Gasteiger partial charge in [-0.05, 0) is 31.7 Å². The zero-order chi connectivity index (χ0) is 21.4. The fraction of sp³-hybridized carbons (Fsp3) is 0.550. The Morgan fingerprint density at radius 2 is 1.93 bits per heavy atom. The minimum absolute atomic E-state index is 0.164. The van der Waals surface area contributed by atoms with Gasteiger partial charge in [-0.2, -0.15) is 0 Å². The van der Waals surface area contributed by atoms with E-state index >= 15 is 0 Å². The van der Waals surface area contributed by atoms with Crippen LogP contribution in [0.15, 0.2) is 28.6 Å². The predicted molar refractivity (Wildman–Crippen MR) is 114 cm³/mol. The van der Waals surface area contributed by atoms with Crippen LogP contribution in [0.25, 0.3) is 0 Å². The normalized spacial score (nSPS) is 20.6. The standard InChI is InChI=1S/C20H26N4O4S2/c1-13(2)17(25)21-18-22-23-19(29-18)30(26,27)24-15-12-20(10-6-3-7-11-20)28-16-9-5-4-8-14(15)16/h4-5,8-9,13,15,24H,3,6-7,10-12H2,1-2H3,(H,21,22,25). The van der Waals surface area contributed by atoms with E-state index in [1.807, 2.05) is 24.3 Å². The van der Waals surface area contributed by atoms with E-state index in [0.717, 1.165) is 48.3 Å². The van der Waals surface area contributed by atoms with Crippen molar-refractivity contribution in [2.75, 3.05) is 5.32 Å². The van der Waals surface area contributed by atoms with E-state index in [0.29, 0.717) is 6.42 Å². The molecule has 1 aliphatic carbocycles. The lowest BCUT2D eigenvalue weighted by atomic mass is 9.77. The number of anilines is 1. The third-order valence-electron chi connectivity index (χ3n) is 5.65. The number of hydrogen-bond donors (Lipinski definition) is 2. The van der Waals surface area contributed by atoms with Crippen LogP contribution in [0.4, 0.5) is 5.13 Å². The van der Waals surface area contributed by atoms with Crippen molar-refractivity contribution in [2.24, 2.45) is 5.92 Å². The molecule has 2 aromatic rings. The van der Waals surface area contributed by atoms with E-state index in [-0.39, 0.29) is 26.9 Å². The minimum atomic E-state index is -3.91. The van der Waals surface area contributed by atoms with Crippen LogP contribution in [-0.4, -0.2) is 30.1 Å². The van der Waals surface area contributed by atoms with Crippen LogP contribution in [0.2, 0.25) is 0 Å². The van der Waals surface area contributed by atoms with Gasteiger partial charge in [0.2, 0.25) is 15.4 Å². The summed E-state index contributed by atoms with van der Waals surface area (Å²) in [4.78, 5) is 11.8. The monoisotopic (exact) mass is 450 g/mol. The number of nitrogens with one attached hydrogen (secondary N) is 2. The minimum Gasteiger partial charge on any atom is -0.487 e. The molecule has 2 heterocycles. The first-order chi connectivity index (χ1) is 14.3. The SMILES string of the molecule is CC(C)C(=O)Nc1nnc(S(=O)(=O)NC2CC3(CCCCC3)Oc3ccccc32)s1. The highest BCUT2D eigenvalue weighted by Gasteiger charge is 2.43. The molecule has 0 bridgehead atoms. The maximum atomic E-state index is 13.1. The smallest absolute Gasteiger partial charge is 0.270 e. The molecule has 0 saturated heterocycles. The number of hydrogen-bond acceptors (Lipinski definition) is 7. The molecule has 8 nitrogen and oxygen atoms in total. The summed E-state index contributed by atoms with van der Waals surface area (Å²) >= 11 is 0.847. The van der Waals surface area contributed by atoms with Gasteiger partial charge in [-0.25, -0.2) is 13.1 Å². The average Bonchev–Trinajstić information content (AvgIpc) is 3.18. The highest BCUT2D eigenvalue weighted by Crippen LogP contribution is 2.46. The van der Waals surface area contributed by atoms with Crippen LogP contribution in [0.5, 0.6) is 5.75 Å². The number of rotatable bonds is 5. The summed E-state index contributed by atoms with van der Waals surface area (Å²) in [6.07, 6.45) is 5.76. The van der Waals surface area contributed by atoms with Gasteiger partial charge in [0.25, 0.3) is 10.0 Å². The van der Waals surface area contributed by atoms with Gasteiger partial charge in [0.15, 0.2) is 0 Å². The topological polar surface area (TPSA) is 110 Å². The molecule has 2 N–H and O–H groups in total. The lowest BCUT2D eigenvalue weighted by Crippen LogP contribution is -2.46. The Bertz CT molecular complexity index is 1030. The van der Waals surface area contributed by atoms with E-state index in [4.69, 9.17) is 4.74 Å². The number of sulfonamides is 1. The van der Waals surface area contributed by atoms with Crippen LogP contribution in [0.3, 0.4) is 0 Å². The van der Waals surface area contributed by atoms with E-state index in [1.54, 1.807) is 13.8 Å². The maximum Gasteiger partial charge on any atom is 0.270 e. The Labute approximate surface area is 180 Å². The van der Waals surface area contributed by atoms with Crippen molar-refractivity contribution >= 4 is 32.4 Å². The van der Waals surface area contributed by atoms with Gasteiger partial charge in [0.1, 0.15) is 11.4 Å². The second kappa shape index (κ2) is 8.24. The molecule has 1 spiro atoms. The molecule has 1 fully saturated rings. The van der Waals surface area contributed by atoms with Crippen LogP contribution in [-0.2, 0) is 14.8 Å². The largest absolute Gasteiger partial charge is 0.487 e. The zero-order valence-corrected chi connectivity index (χ0v) is 18.7. The van der Waals surface area contributed by atoms with Crippen LogP contribution >= 0.6 is 11.3 Å². The highest BCUT2D eigenvalue weighted by atomic mass is 32.2. The van der Waals surface area contributed by atoms with Crippen molar-refractivity contribution in [3.8, 4) is 5.75 Å². The number of carbonyl (C=O) groups is 1. The van der Waals surface area contributed by atoms with Gasteiger partial charge in [0, 0.05) is 17.9 Å². The summed E-state index contributed by atoms with van der Waals surface area (Å²) in [6.45, 7) is 3.50. The second-order valence-corrected chi connectivity index (χ2v) is 11.1. The first-order valence-corrected chi connectivity index (χ1v) is 12.5. The Morgan fingerprint density at radius 1 is 1.20 bits per heavy atom. The molecule has 0 radical (unpaired) electrons. The summed E-state index contributed by atoms with van der Waals surface area (Å²) in [5.41, 5.74) is 0.493. The number of nitrogens with zero attached hydrogens (tertiary/aromatic N) is 2. The third kappa shape index (κ3) is 4.35. The first kappa shape index (κ1) is 21.2. The van der Waals surface area contributed by atoms with Gasteiger partial charge < -0.3 is 10.1 Å². The van der Waals surface area contributed by atoms with Gasteiger partial charge in [-0.3, -0.25) is 4.79 Å². The van der Waals surface area contributed by atoms with Crippen molar-refractivity contribution < 1.29 is 17.9 Å². The molecule has 1 unspecified atom stereocenters. The molecule has 10 heteroatoms. The fourth-order valence-electron chi connectivity index (χ4n) is 4.08. The quantitative estimate of drug-likeness (QED) is 0.673. The van der Waals surface area contributed by atoms with E-state index in [2.05, 4.69) is 20.2 Å². The van der Waals surface area contributed by atoms with Crippen LogP contribution < -0.4 is 14.8 Å². The van der Waals surface area contributed by atoms with Crippen LogP contribution in [0.1, 0.15) is 64.0 Å². The summed E-state index contributed by atoms with van der Waals surface area (Å²) in [7, 11) is -3.91. The zero-order valence-electron chi connectivity index (χ0n) is 17.1. The van der Waals surface area contributed by atoms with Gasteiger partial charge in [-0.1, -0.05) is 49.8 Å². The van der Waals surface area contributed by atoms with Crippen molar-refractivity contribution in [3.05, 3.63) is 29.8 Å².